The normalized spacial score (nSPS) is 16.6. The van der Waals surface area contributed by atoms with Gasteiger partial charge in [0.1, 0.15) is 6.17 Å². The third-order valence-electron chi connectivity index (χ3n) is 4.01. The number of hydrogen-bond donors (Lipinski definition) is 2. The Morgan fingerprint density at radius 2 is 2.23 bits per heavy atom. The third kappa shape index (κ3) is 4.91. The van der Waals surface area contributed by atoms with E-state index in [9.17, 15) is 14.0 Å². The number of carbonyl (C=O) groups is 1. The molecule has 2 rings (SSSR count). The number of aromatic nitrogens is 2. The van der Waals surface area contributed by atoms with E-state index in [0.29, 0.717) is 18.0 Å². The van der Waals surface area contributed by atoms with E-state index in [1.54, 1.807) is 0 Å². The van der Waals surface area contributed by atoms with Crippen molar-refractivity contribution in [3.63, 3.8) is 0 Å². The van der Waals surface area contributed by atoms with Crippen LogP contribution in [0.5, 0.6) is 0 Å². The molecule has 0 aromatic carbocycles. The second-order valence-electron chi connectivity index (χ2n) is 5.83. The van der Waals surface area contributed by atoms with Crippen molar-refractivity contribution < 1.29 is 9.18 Å². The zero-order valence-electron chi connectivity index (χ0n) is 12.6. The molecule has 1 aliphatic rings. The molecule has 6 nitrogen and oxygen atoms in total. The zero-order chi connectivity index (χ0) is 15.9. The highest BCUT2D eigenvalue weighted by Crippen LogP contribution is 2.27. The molecule has 7 heteroatoms. The van der Waals surface area contributed by atoms with Crippen molar-refractivity contribution in [3.8, 4) is 0 Å². The number of alkyl halides is 1. The minimum absolute atomic E-state index is 0.0654. The van der Waals surface area contributed by atoms with Crippen LogP contribution in [-0.2, 0) is 11.3 Å². The van der Waals surface area contributed by atoms with Crippen LogP contribution in [-0.4, -0.2) is 28.4 Å². The van der Waals surface area contributed by atoms with E-state index in [2.05, 4.69) is 10.4 Å². The largest absolute Gasteiger partial charge is 0.328 e. The minimum atomic E-state index is -1.14. The molecule has 0 radical (unpaired) electrons. The lowest BCUT2D eigenvalue weighted by Crippen LogP contribution is -2.26. The lowest BCUT2D eigenvalue weighted by Gasteiger charge is -2.10. The molecule has 1 heterocycles. The van der Waals surface area contributed by atoms with Crippen LogP contribution < -0.4 is 16.6 Å². The summed E-state index contributed by atoms with van der Waals surface area (Å²) in [5.41, 5.74) is 5.22. The number of anilines is 1. The van der Waals surface area contributed by atoms with E-state index >= 15 is 0 Å². The second-order valence-corrected chi connectivity index (χ2v) is 5.83. The minimum Gasteiger partial charge on any atom is -0.328 e. The predicted octanol–water partition coefficient (Wildman–Crippen LogP) is 1.45. The van der Waals surface area contributed by atoms with Gasteiger partial charge in [-0.25, -0.2) is 9.07 Å². The Morgan fingerprint density at radius 3 is 2.86 bits per heavy atom. The Labute approximate surface area is 128 Å². The van der Waals surface area contributed by atoms with E-state index in [-0.39, 0.29) is 31.0 Å². The molecule has 1 amide bonds. The van der Waals surface area contributed by atoms with Crippen LogP contribution in [0.3, 0.4) is 0 Å². The van der Waals surface area contributed by atoms with Gasteiger partial charge in [-0.3, -0.25) is 9.59 Å². The molecule has 122 valence electrons. The summed E-state index contributed by atoms with van der Waals surface area (Å²) in [5, 5.41) is 6.66. The maximum Gasteiger partial charge on any atom is 0.268 e. The van der Waals surface area contributed by atoms with Crippen molar-refractivity contribution in [2.45, 2.75) is 51.2 Å². The summed E-state index contributed by atoms with van der Waals surface area (Å²) < 4.78 is 14.2. The fraction of sp³-hybridized carbons (Fsp3) is 0.667. The molecule has 3 N–H and O–H groups in total. The van der Waals surface area contributed by atoms with Crippen molar-refractivity contribution >= 4 is 11.6 Å². The Bertz CT molecular complexity index is 555. The van der Waals surface area contributed by atoms with Crippen molar-refractivity contribution in [1.29, 1.82) is 0 Å². The number of aryl methyl sites for hydroxylation is 1. The highest BCUT2D eigenvalue weighted by molar-refractivity contribution is 5.90. The first-order chi connectivity index (χ1) is 10.6. The van der Waals surface area contributed by atoms with Crippen LogP contribution >= 0.6 is 0 Å². The molecule has 1 aromatic rings. The lowest BCUT2D eigenvalue weighted by molar-refractivity contribution is -0.117. The fourth-order valence-electron chi connectivity index (χ4n) is 2.74. The summed E-state index contributed by atoms with van der Waals surface area (Å²) >= 11 is 0. The quantitative estimate of drug-likeness (QED) is 0.797. The van der Waals surface area contributed by atoms with Crippen molar-refractivity contribution in [3.05, 3.63) is 22.6 Å². The number of amides is 1. The summed E-state index contributed by atoms with van der Waals surface area (Å²) in [6.45, 7) is 0.109. The van der Waals surface area contributed by atoms with Crippen LogP contribution in [0.1, 0.15) is 38.5 Å². The summed E-state index contributed by atoms with van der Waals surface area (Å²) in [4.78, 5) is 23.8. The summed E-state index contributed by atoms with van der Waals surface area (Å²) in [6.07, 6.45) is 5.49. The fourth-order valence-corrected chi connectivity index (χ4v) is 2.74. The smallest absolute Gasteiger partial charge is 0.268 e. The Morgan fingerprint density at radius 1 is 1.50 bits per heavy atom. The molecule has 0 spiro atoms. The molecule has 1 fully saturated rings. The molecule has 0 aliphatic heterocycles. The number of nitrogens with one attached hydrogen (secondary N) is 1. The van der Waals surface area contributed by atoms with Gasteiger partial charge in [-0.15, -0.1) is 0 Å². The molecule has 1 aliphatic carbocycles. The number of nitrogens with two attached hydrogens (primary N) is 1. The molecule has 1 unspecified atom stereocenters. The molecule has 1 atom stereocenters. The maximum absolute atomic E-state index is 13.1. The number of halogens is 1. The van der Waals surface area contributed by atoms with E-state index in [1.807, 2.05) is 0 Å². The highest BCUT2D eigenvalue weighted by atomic mass is 19.1. The zero-order valence-corrected chi connectivity index (χ0v) is 12.6. The van der Waals surface area contributed by atoms with Gasteiger partial charge in [0.15, 0.2) is 0 Å². The van der Waals surface area contributed by atoms with Crippen LogP contribution in [0, 0.1) is 5.92 Å². The molecule has 0 bridgehead atoms. The average Bonchev–Trinajstić information content (AvgIpc) is 2.98. The summed E-state index contributed by atoms with van der Waals surface area (Å²) in [7, 11) is 0. The average molecular weight is 310 g/mol. The molecule has 0 saturated heterocycles. The predicted molar refractivity (Wildman–Crippen MR) is 82.3 cm³/mol. The van der Waals surface area contributed by atoms with Crippen molar-refractivity contribution in [2.24, 2.45) is 11.7 Å². The number of hydrogen-bond acceptors (Lipinski definition) is 4. The molecular weight excluding hydrogens is 287 g/mol. The van der Waals surface area contributed by atoms with Gasteiger partial charge in [0.2, 0.25) is 5.91 Å². The van der Waals surface area contributed by atoms with Gasteiger partial charge >= 0.3 is 0 Å². The topological polar surface area (TPSA) is 90.0 Å². The van der Waals surface area contributed by atoms with Crippen LogP contribution in [0.4, 0.5) is 10.1 Å². The first-order valence-corrected chi connectivity index (χ1v) is 7.79. The Balaban J connectivity index is 1.88. The summed E-state index contributed by atoms with van der Waals surface area (Å²) in [6, 6.07) is 1.31. The van der Waals surface area contributed by atoms with Gasteiger partial charge in [0.25, 0.3) is 5.56 Å². The van der Waals surface area contributed by atoms with E-state index in [4.69, 9.17) is 5.73 Å². The van der Waals surface area contributed by atoms with Gasteiger partial charge in [-0.05, 0) is 25.2 Å². The monoisotopic (exact) mass is 310 g/mol. The van der Waals surface area contributed by atoms with Crippen LogP contribution in [0.25, 0.3) is 0 Å². The first-order valence-electron chi connectivity index (χ1n) is 7.79. The van der Waals surface area contributed by atoms with Crippen molar-refractivity contribution in [1.82, 2.24) is 9.78 Å². The van der Waals surface area contributed by atoms with Crippen LogP contribution in [0.2, 0.25) is 0 Å². The number of nitrogens with zero attached hydrogens (tertiary/aromatic N) is 2. The van der Waals surface area contributed by atoms with E-state index in [0.717, 1.165) is 12.8 Å². The SMILES string of the molecule is NCC(F)CCn1ncc(NC(=O)CC2CCCC2)cc1=O. The van der Waals surface area contributed by atoms with Gasteiger partial charge in [-0.1, -0.05) is 12.8 Å². The lowest BCUT2D eigenvalue weighted by atomic mass is 10.0. The van der Waals surface area contributed by atoms with E-state index in [1.165, 1.54) is 29.8 Å². The molecule has 22 heavy (non-hydrogen) atoms. The maximum atomic E-state index is 13.1. The number of carbonyl (C=O) groups excluding carboxylic acids is 1. The Kier molecular flexibility index (Phi) is 6.06. The third-order valence-corrected chi connectivity index (χ3v) is 4.01. The van der Waals surface area contributed by atoms with Gasteiger partial charge in [0.05, 0.1) is 11.9 Å². The highest BCUT2D eigenvalue weighted by Gasteiger charge is 2.18. The van der Waals surface area contributed by atoms with Gasteiger partial charge < -0.3 is 11.1 Å². The van der Waals surface area contributed by atoms with E-state index < -0.39 is 6.17 Å². The van der Waals surface area contributed by atoms with Gasteiger partial charge in [-0.2, -0.15) is 5.10 Å². The second kappa shape index (κ2) is 8.03. The number of rotatable bonds is 7. The Hall–Kier alpha value is -1.76. The summed E-state index contributed by atoms with van der Waals surface area (Å²) in [5.74, 6) is 0.365. The molecule has 1 saturated carbocycles. The standard InChI is InChI=1S/C15H23FN4O2/c16-12(9-17)5-6-20-15(22)8-13(10-18-20)19-14(21)7-11-3-1-2-4-11/h8,10-12H,1-7,9,17H2,(H,19,21). The first kappa shape index (κ1) is 16.6. The van der Waals surface area contributed by atoms with Crippen LogP contribution in [0.15, 0.2) is 17.1 Å². The molecular formula is C15H23FN4O2. The van der Waals surface area contributed by atoms with Gasteiger partial charge in [0, 0.05) is 25.6 Å². The molecule has 1 aromatic heterocycles. The van der Waals surface area contributed by atoms with Crippen molar-refractivity contribution in [2.75, 3.05) is 11.9 Å².